The highest BCUT2D eigenvalue weighted by Crippen LogP contribution is 2.29. The topological polar surface area (TPSA) is 55.4 Å². The minimum absolute atomic E-state index is 0.0865. The molecular weight excluding hydrogens is 335 g/mol. The van der Waals surface area contributed by atoms with E-state index in [9.17, 15) is 22.8 Å². The molecule has 2 aromatic rings. The van der Waals surface area contributed by atoms with Crippen molar-refractivity contribution in [3.8, 4) is 0 Å². The molecule has 2 rings (SSSR count). The molecule has 0 aliphatic heterocycles. The molecule has 132 valence electrons. The molecule has 0 aromatic heterocycles. The summed E-state index contributed by atoms with van der Waals surface area (Å²) in [6.45, 7) is -0.256. The fourth-order valence-corrected chi connectivity index (χ4v) is 2.07. The Kier molecular flexibility index (Phi) is 6.16. The van der Waals surface area contributed by atoms with E-state index in [1.807, 2.05) is 6.07 Å². The lowest BCUT2D eigenvalue weighted by molar-refractivity contribution is -0.145. The zero-order valence-electron chi connectivity index (χ0n) is 13.2. The summed E-state index contributed by atoms with van der Waals surface area (Å²) in [4.78, 5) is 23.3. The summed E-state index contributed by atoms with van der Waals surface area (Å²) in [7, 11) is 0. The van der Waals surface area contributed by atoms with E-state index < -0.39 is 23.6 Å². The number of halogens is 3. The highest BCUT2D eigenvalue weighted by Gasteiger charge is 2.30. The highest BCUT2D eigenvalue weighted by atomic mass is 19.4. The Hall–Kier alpha value is -2.83. The first-order valence-corrected chi connectivity index (χ1v) is 7.47. The van der Waals surface area contributed by atoms with Gasteiger partial charge in [-0.2, -0.15) is 13.2 Å². The maximum atomic E-state index is 12.6. The Balaban J connectivity index is 1.78. The number of ether oxygens (including phenoxy) is 1. The van der Waals surface area contributed by atoms with Crippen LogP contribution >= 0.6 is 0 Å². The monoisotopic (exact) mass is 351 g/mol. The van der Waals surface area contributed by atoms with Crippen molar-refractivity contribution in [2.45, 2.75) is 19.2 Å². The smallest absolute Gasteiger partial charge is 0.416 e. The quantitative estimate of drug-likeness (QED) is 0.814. The first kappa shape index (κ1) is 18.5. The predicted molar refractivity (Wildman–Crippen MR) is 84.4 cm³/mol. The van der Waals surface area contributed by atoms with E-state index in [4.69, 9.17) is 4.74 Å². The van der Waals surface area contributed by atoms with Crippen molar-refractivity contribution in [2.24, 2.45) is 0 Å². The largest absolute Gasteiger partial charge is 0.460 e. The highest BCUT2D eigenvalue weighted by molar-refractivity contribution is 5.83. The molecule has 0 unspecified atom stereocenters. The Bertz CT molecular complexity index is 730. The molecule has 0 aliphatic rings. The van der Waals surface area contributed by atoms with Crippen LogP contribution in [0.5, 0.6) is 0 Å². The van der Waals surface area contributed by atoms with Crippen LogP contribution in [0.1, 0.15) is 16.7 Å². The van der Waals surface area contributed by atoms with Crippen molar-refractivity contribution in [1.29, 1.82) is 0 Å². The van der Waals surface area contributed by atoms with Gasteiger partial charge in [0.15, 0.2) is 0 Å². The maximum Gasteiger partial charge on any atom is 0.416 e. The summed E-state index contributed by atoms with van der Waals surface area (Å²) in [6.07, 6.45) is -4.72. The van der Waals surface area contributed by atoms with Gasteiger partial charge >= 0.3 is 12.1 Å². The molecule has 0 aliphatic carbocycles. The van der Waals surface area contributed by atoms with E-state index in [1.165, 1.54) is 12.1 Å². The Labute approximate surface area is 142 Å². The van der Waals surface area contributed by atoms with Crippen molar-refractivity contribution in [3.05, 3.63) is 71.3 Å². The number of hydrogen-bond donors (Lipinski definition) is 1. The van der Waals surface area contributed by atoms with E-state index in [1.54, 1.807) is 24.3 Å². The minimum atomic E-state index is -4.46. The van der Waals surface area contributed by atoms with Gasteiger partial charge in [0, 0.05) is 0 Å². The normalized spacial score (nSPS) is 11.0. The van der Waals surface area contributed by atoms with Crippen LogP contribution in [0.25, 0.3) is 0 Å². The van der Waals surface area contributed by atoms with Crippen LogP contribution in [0.2, 0.25) is 0 Å². The molecule has 25 heavy (non-hydrogen) atoms. The van der Waals surface area contributed by atoms with Crippen LogP contribution in [0.15, 0.2) is 54.6 Å². The van der Waals surface area contributed by atoms with Crippen molar-refractivity contribution in [3.63, 3.8) is 0 Å². The van der Waals surface area contributed by atoms with Gasteiger partial charge in [0.2, 0.25) is 5.91 Å². The summed E-state index contributed by atoms with van der Waals surface area (Å²) in [6, 6.07) is 13.5. The molecular formula is C18H16F3NO3. The van der Waals surface area contributed by atoms with E-state index in [0.29, 0.717) is 0 Å². The van der Waals surface area contributed by atoms with Gasteiger partial charge in [-0.15, -0.1) is 0 Å². The van der Waals surface area contributed by atoms with Gasteiger partial charge in [-0.1, -0.05) is 48.5 Å². The second-order valence-corrected chi connectivity index (χ2v) is 5.30. The first-order chi connectivity index (χ1) is 11.8. The molecule has 0 fully saturated rings. The number of hydrogen-bond acceptors (Lipinski definition) is 3. The lowest BCUT2D eigenvalue weighted by Gasteiger charge is -2.09. The standard InChI is InChI=1S/C18H16F3NO3/c19-18(20,21)15-8-4-7-14(9-15)10-16(23)22-11-17(24)25-12-13-5-2-1-3-6-13/h1-9H,10-12H2,(H,22,23). The van der Waals surface area contributed by atoms with Gasteiger partial charge in [-0.05, 0) is 17.2 Å². The molecule has 1 N–H and O–H groups in total. The second-order valence-electron chi connectivity index (χ2n) is 5.30. The maximum absolute atomic E-state index is 12.6. The van der Waals surface area contributed by atoms with E-state index in [0.717, 1.165) is 17.7 Å². The molecule has 0 radical (unpaired) electrons. The zero-order valence-corrected chi connectivity index (χ0v) is 13.2. The van der Waals surface area contributed by atoms with Crippen LogP contribution in [-0.4, -0.2) is 18.4 Å². The van der Waals surface area contributed by atoms with Crippen LogP contribution in [0, 0.1) is 0 Å². The number of carbonyl (C=O) groups excluding carboxylic acids is 2. The first-order valence-electron chi connectivity index (χ1n) is 7.47. The summed E-state index contributed by atoms with van der Waals surface area (Å²) in [5, 5.41) is 2.33. The number of alkyl halides is 3. The van der Waals surface area contributed by atoms with Gasteiger partial charge in [0.05, 0.1) is 12.0 Å². The van der Waals surface area contributed by atoms with Gasteiger partial charge in [-0.3, -0.25) is 9.59 Å². The number of carbonyl (C=O) groups is 2. The molecule has 7 heteroatoms. The molecule has 0 saturated heterocycles. The fraction of sp³-hybridized carbons (Fsp3) is 0.222. The third kappa shape index (κ3) is 6.29. The summed E-state index contributed by atoms with van der Waals surface area (Å²) in [5.74, 6) is -1.18. The molecule has 2 aromatic carbocycles. The van der Waals surface area contributed by atoms with Gasteiger partial charge in [0.1, 0.15) is 13.2 Å². The van der Waals surface area contributed by atoms with Gasteiger partial charge in [-0.25, -0.2) is 0 Å². The zero-order chi connectivity index (χ0) is 18.3. The van der Waals surface area contributed by atoms with Gasteiger partial charge < -0.3 is 10.1 Å². The van der Waals surface area contributed by atoms with E-state index in [-0.39, 0.29) is 25.1 Å². The van der Waals surface area contributed by atoms with Crippen molar-refractivity contribution >= 4 is 11.9 Å². The summed E-state index contributed by atoms with van der Waals surface area (Å²) >= 11 is 0. The van der Waals surface area contributed by atoms with Gasteiger partial charge in [0.25, 0.3) is 0 Å². The Morgan fingerprint density at radius 1 is 0.960 bits per heavy atom. The molecule has 4 nitrogen and oxygen atoms in total. The third-order valence-electron chi connectivity index (χ3n) is 3.29. The molecule has 1 amide bonds. The molecule has 0 heterocycles. The number of rotatable bonds is 6. The lowest BCUT2D eigenvalue weighted by atomic mass is 10.1. The van der Waals surface area contributed by atoms with Crippen LogP contribution < -0.4 is 5.32 Å². The molecule has 0 atom stereocenters. The second kappa shape index (κ2) is 8.32. The predicted octanol–water partition coefficient (Wildman–Crippen LogP) is 3.11. The molecule has 0 bridgehead atoms. The van der Waals surface area contributed by atoms with Crippen molar-refractivity contribution < 1.29 is 27.5 Å². The average molecular weight is 351 g/mol. The summed E-state index contributed by atoms with van der Waals surface area (Å²) < 4.78 is 42.9. The van der Waals surface area contributed by atoms with Crippen molar-refractivity contribution in [2.75, 3.05) is 6.54 Å². The molecule has 0 spiro atoms. The van der Waals surface area contributed by atoms with Crippen LogP contribution in [0.3, 0.4) is 0 Å². The number of nitrogens with one attached hydrogen (secondary N) is 1. The Morgan fingerprint density at radius 2 is 1.64 bits per heavy atom. The van der Waals surface area contributed by atoms with Crippen LogP contribution in [0.4, 0.5) is 13.2 Å². The third-order valence-corrected chi connectivity index (χ3v) is 3.29. The average Bonchev–Trinajstić information content (AvgIpc) is 2.58. The van der Waals surface area contributed by atoms with E-state index in [2.05, 4.69) is 5.32 Å². The van der Waals surface area contributed by atoms with Crippen molar-refractivity contribution in [1.82, 2.24) is 5.32 Å². The lowest BCUT2D eigenvalue weighted by Crippen LogP contribution is -2.31. The number of benzene rings is 2. The fourth-order valence-electron chi connectivity index (χ4n) is 2.07. The SMILES string of the molecule is O=C(Cc1cccc(C(F)(F)F)c1)NCC(=O)OCc1ccccc1. The minimum Gasteiger partial charge on any atom is -0.460 e. The molecule has 0 saturated carbocycles. The summed E-state index contributed by atoms with van der Waals surface area (Å²) in [5.41, 5.74) is 0.205. The Morgan fingerprint density at radius 3 is 2.32 bits per heavy atom. The number of esters is 1. The number of amides is 1. The van der Waals surface area contributed by atoms with E-state index >= 15 is 0 Å². The van der Waals surface area contributed by atoms with Crippen LogP contribution in [-0.2, 0) is 33.5 Å².